The van der Waals surface area contributed by atoms with E-state index in [4.69, 9.17) is 9.15 Å². The van der Waals surface area contributed by atoms with Crippen LogP contribution in [0.5, 0.6) is 0 Å². The molecular formula is C27H21N3O6S. The Kier molecular flexibility index (Phi) is 6.65. The molecule has 3 amide bonds. The van der Waals surface area contributed by atoms with Crippen LogP contribution in [0.4, 0.5) is 10.5 Å². The van der Waals surface area contributed by atoms with Crippen molar-refractivity contribution in [3.05, 3.63) is 94.9 Å². The first kappa shape index (κ1) is 24.1. The number of benzene rings is 2. The van der Waals surface area contributed by atoms with Crippen LogP contribution in [-0.4, -0.2) is 46.1 Å². The van der Waals surface area contributed by atoms with Gasteiger partial charge in [-0.3, -0.25) is 19.3 Å². The Hall–Kier alpha value is -4.57. The third-order valence-corrected chi connectivity index (χ3v) is 6.62. The van der Waals surface area contributed by atoms with Gasteiger partial charge in [0, 0.05) is 28.4 Å². The summed E-state index contributed by atoms with van der Waals surface area (Å²) in [6.07, 6.45) is 3.50. The Bertz CT molecular complexity index is 1550. The molecule has 4 aromatic rings. The fourth-order valence-corrected chi connectivity index (χ4v) is 4.83. The maximum absolute atomic E-state index is 13.0. The molecule has 1 aliphatic heterocycles. The van der Waals surface area contributed by atoms with Crippen LogP contribution in [0.2, 0.25) is 0 Å². The minimum Gasteiger partial charge on any atom is -0.463 e. The maximum atomic E-state index is 13.0. The van der Waals surface area contributed by atoms with Gasteiger partial charge in [0.1, 0.15) is 12.3 Å². The predicted molar refractivity (Wildman–Crippen MR) is 139 cm³/mol. The number of esters is 1. The number of aromatic nitrogens is 1. The van der Waals surface area contributed by atoms with E-state index in [-0.39, 0.29) is 17.2 Å². The highest BCUT2D eigenvalue weighted by atomic mass is 32.2. The van der Waals surface area contributed by atoms with Gasteiger partial charge in [-0.2, -0.15) is 0 Å². The van der Waals surface area contributed by atoms with Crippen LogP contribution in [0.3, 0.4) is 0 Å². The standard InChI is InChI=1S/C27H21N3O6S/c1-35-26(33)22-12-11-19(36-22)15-29-14-17(20-9-5-6-10-21(20)29)13-23-25(32)30(27(34)37-23)16-24(31)28-18-7-3-2-4-8-18/h2-14H,15-16H2,1H3,(H,28,31)/b23-13-. The molecule has 0 saturated carbocycles. The van der Waals surface area contributed by atoms with E-state index in [9.17, 15) is 19.2 Å². The molecule has 0 unspecified atom stereocenters. The molecule has 0 radical (unpaired) electrons. The number of hydrogen-bond donors (Lipinski definition) is 1. The normalized spacial score (nSPS) is 14.5. The number of para-hydroxylation sites is 2. The average molecular weight is 516 g/mol. The number of nitrogens with zero attached hydrogens (tertiary/aromatic N) is 2. The molecule has 2 aromatic heterocycles. The van der Waals surface area contributed by atoms with Crippen molar-refractivity contribution in [3.63, 3.8) is 0 Å². The molecule has 0 bridgehead atoms. The Labute approximate surface area is 215 Å². The Morgan fingerprint density at radius 3 is 2.57 bits per heavy atom. The van der Waals surface area contributed by atoms with E-state index in [1.807, 2.05) is 41.1 Å². The van der Waals surface area contributed by atoms with E-state index >= 15 is 0 Å². The number of methoxy groups -OCH3 is 1. The Morgan fingerprint density at radius 1 is 1.03 bits per heavy atom. The number of anilines is 1. The molecule has 1 fully saturated rings. The lowest BCUT2D eigenvalue weighted by Gasteiger charge is -2.12. The van der Waals surface area contributed by atoms with E-state index in [1.165, 1.54) is 7.11 Å². The zero-order valence-electron chi connectivity index (χ0n) is 19.7. The summed E-state index contributed by atoms with van der Waals surface area (Å²) in [5.74, 6) is -0.881. The largest absolute Gasteiger partial charge is 0.463 e. The number of amides is 3. The van der Waals surface area contributed by atoms with Gasteiger partial charge in [0.2, 0.25) is 11.7 Å². The first-order chi connectivity index (χ1) is 17.9. The summed E-state index contributed by atoms with van der Waals surface area (Å²) < 4.78 is 12.2. The van der Waals surface area contributed by atoms with Gasteiger partial charge in [-0.15, -0.1) is 0 Å². The number of hydrogen-bond acceptors (Lipinski definition) is 7. The van der Waals surface area contributed by atoms with E-state index in [0.717, 1.165) is 33.1 Å². The summed E-state index contributed by atoms with van der Waals surface area (Å²) in [5, 5.41) is 3.05. The lowest BCUT2D eigenvalue weighted by molar-refractivity contribution is -0.127. The highest BCUT2D eigenvalue weighted by molar-refractivity contribution is 8.18. The van der Waals surface area contributed by atoms with Gasteiger partial charge in [0.25, 0.3) is 11.1 Å². The summed E-state index contributed by atoms with van der Waals surface area (Å²) in [7, 11) is 1.29. The van der Waals surface area contributed by atoms with Crippen LogP contribution in [0.15, 0.2) is 82.2 Å². The van der Waals surface area contributed by atoms with Crippen molar-refractivity contribution in [2.75, 3.05) is 19.0 Å². The number of nitrogens with one attached hydrogen (secondary N) is 1. The zero-order valence-corrected chi connectivity index (χ0v) is 20.5. The molecule has 5 rings (SSSR count). The topological polar surface area (TPSA) is 111 Å². The van der Waals surface area contributed by atoms with Gasteiger partial charge in [0.15, 0.2) is 0 Å². The van der Waals surface area contributed by atoms with Gasteiger partial charge in [-0.1, -0.05) is 36.4 Å². The number of fused-ring (bicyclic) bond motifs is 1. The molecule has 1 aliphatic rings. The molecule has 10 heteroatoms. The maximum Gasteiger partial charge on any atom is 0.373 e. The monoisotopic (exact) mass is 515 g/mol. The fourth-order valence-electron chi connectivity index (χ4n) is 4.01. The van der Waals surface area contributed by atoms with Gasteiger partial charge in [0.05, 0.1) is 18.6 Å². The first-order valence-electron chi connectivity index (χ1n) is 11.3. The molecule has 3 heterocycles. The van der Waals surface area contributed by atoms with Crippen molar-refractivity contribution < 1.29 is 28.3 Å². The smallest absolute Gasteiger partial charge is 0.373 e. The average Bonchev–Trinajstić information content (AvgIpc) is 3.58. The number of carbonyl (C=O) groups excluding carboxylic acids is 4. The molecule has 1 N–H and O–H groups in total. The zero-order chi connectivity index (χ0) is 25.9. The van der Waals surface area contributed by atoms with Crippen LogP contribution in [-0.2, 0) is 20.9 Å². The molecule has 37 heavy (non-hydrogen) atoms. The highest BCUT2D eigenvalue weighted by Crippen LogP contribution is 2.34. The Morgan fingerprint density at radius 2 is 1.78 bits per heavy atom. The minimum absolute atomic E-state index is 0.110. The molecule has 9 nitrogen and oxygen atoms in total. The minimum atomic E-state index is -0.558. The molecule has 2 aromatic carbocycles. The second-order valence-corrected chi connectivity index (χ2v) is 9.16. The third kappa shape index (κ3) is 5.05. The van der Waals surface area contributed by atoms with Crippen molar-refractivity contribution >= 4 is 57.5 Å². The van der Waals surface area contributed by atoms with Gasteiger partial charge in [-0.25, -0.2) is 4.79 Å². The van der Waals surface area contributed by atoms with E-state index in [2.05, 4.69) is 5.32 Å². The first-order valence-corrected chi connectivity index (χ1v) is 12.1. The lowest BCUT2D eigenvalue weighted by Crippen LogP contribution is -2.36. The van der Waals surface area contributed by atoms with Gasteiger partial charge in [-0.05, 0) is 48.2 Å². The number of rotatable bonds is 7. The van der Waals surface area contributed by atoms with Crippen molar-refractivity contribution in [1.82, 2.24) is 9.47 Å². The fraction of sp³-hybridized carbons (Fsp3) is 0.111. The number of furan rings is 1. The van der Waals surface area contributed by atoms with Crippen LogP contribution >= 0.6 is 11.8 Å². The third-order valence-electron chi connectivity index (χ3n) is 5.71. The van der Waals surface area contributed by atoms with Crippen LogP contribution in [0, 0.1) is 0 Å². The SMILES string of the molecule is COC(=O)c1ccc(Cn2cc(/C=C3\SC(=O)N(CC(=O)Nc4ccccc4)C3=O)c3ccccc32)o1. The highest BCUT2D eigenvalue weighted by Gasteiger charge is 2.36. The number of carbonyl (C=O) groups is 4. The molecule has 186 valence electrons. The molecule has 0 atom stereocenters. The number of thioether (sulfide) groups is 1. The second kappa shape index (κ2) is 10.2. The lowest BCUT2D eigenvalue weighted by atomic mass is 10.1. The molecule has 0 aliphatic carbocycles. The second-order valence-electron chi connectivity index (χ2n) is 8.17. The van der Waals surface area contributed by atoms with Crippen LogP contribution in [0.25, 0.3) is 17.0 Å². The number of ether oxygens (including phenoxy) is 1. The van der Waals surface area contributed by atoms with Crippen molar-refractivity contribution in [2.45, 2.75) is 6.54 Å². The summed E-state index contributed by atoms with van der Waals surface area (Å²) in [6.45, 7) is -0.0356. The summed E-state index contributed by atoms with van der Waals surface area (Å²) in [6, 6.07) is 19.7. The van der Waals surface area contributed by atoms with E-state index < -0.39 is 23.0 Å². The molecule has 0 spiro atoms. The van der Waals surface area contributed by atoms with Crippen LogP contribution < -0.4 is 5.32 Å². The van der Waals surface area contributed by atoms with Gasteiger partial charge < -0.3 is 19.0 Å². The van der Waals surface area contributed by atoms with Crippen molar-refractivity contribution in [2.24, 2.45) is 0 Å². The van der Waals surface area contributed by atoms with Crippen molar-refractivity contribution in [3.8, 4) is 0 Å². The quantitative estimate of drug-likeness (QED) is 0.279. The summed E-state index contributed by atoms with van der Waals surface area (Å²) >= 11 is 0.795. The predicted octanol–water partition coefficient (Wildman–Crippen LogP) is 4.74. The van der Waals surface area contributed by atoms with Crippen LogP contribution in [0.1, 0.15) is 21.9 Å². The Balaban J connectivity index is 1.37. The molecular weight excluding hydrogens is 494 g/mol. The summed E-state index contributed by atoms with van der Waals surface area (Å²) in [4.78, 5) is 50.9. The summed E-state index contributed by atoms with van der Waals surface area (Å²) in [5.41, 5.74) is 2.19. The number of imide groups is 1. The van der Waals surface area contributed by atoms with E-state index in [1.54, 1.807) is 42.5 Å². The van der Waals surface area contributed by atoms with Crippen molar-refractivity contribution in [1.29, 1.82) is 0 Å². The van der Waals surface area contributed by atoms with Gasteiger partial charge >= 0.3 is 5.97 Å². The molecule has 1 saturated heterocycles. The van der Waals surface area contributed by atoms with E-state index in [0.29, 0.717) is 18.0 Å².